The van der Waals surface area contributed by atoms with Gasteiger partial charge >= 0.3 is 0 Å². The van der Waals surface area contributed by atoms with E-state index in [1.165, 1.54) is 0 Å². The van der Waals surface area contributed by atoms with E-state index in [1.54, 1.807) is 21.3 Å². The van der Waals surface area contributed by atoms with Crippen molar-refractivity contribution in [3.05, 3.63) is 0 Å². The van der Waals surface area contributed by atoms with Crippen molar-refractivity contribution in [1.82, 2.24) is 0 Å². The van der Waals surface area contributed by atoms with Gasteiger partial charge in [0.1, 0.15) is 48.8 Å². The van der Waals surface area contributed by atoms with E-state index in [9.17, 15) is 35.7 Å². The third-order valence-electron chi connectivity index (χ3n) is 11.2. The minimum absolute atomic E-state index is 0.138. The van der Waals surface area contributed by atoms with E-state index in [2.05, 4.69) is 13.8 Å². The van der Waals surface area contributed by atoms with Crippen LogP contribution in [0.1, 0.15) is 65.2 Å². The minimum Gasteiger partial charge on any atom is -0.394 e. The van der Waals surface area contributed by atoms with Crippen molar-refractivity contribution < 1.29 is 68.9 Å². The predicted molar refractivity (Wildman–Crippen MR) is 166 cm³/mol. The summed E-state index contributed by atoms with van der Waals surface area (Å²) in [7, 11) is 5.13. The Morgan fingerprint density at radius 2 is 1.02 bits per heavy atom. The number of methoxy groups -OCH3 is 3. The molecule has 14 heteroatoms. The molecule has 2 saturated carbocycles. The summed E-state index contributed by atoms with van der Waals surface area (Å²) in [4.78, 5) is 0. The molecule has 0 aromatic heterocycles. The zero-order valence-electron chi connectivity index (χ0n) is 28.5. The molecule has 4 fully saturated rings. The Hall–Kier alpha value is -0.560. The molecule has 18 atom stereocenters. The molecule has 16 unspecified atom stereocenters. The Bertz CT molecular complexity index is 911. The van der Waals surface area contributed by atoms with Crippen LogP contribution in [0.15, 0.2) is 0 Å². The summed E-state index contributed by atoms with van der Waals surface area (Å²) in [5, 5.41) is 72.3. The van der Waals surface area contributed by atoms with Crippen LogP contribution in [0.3, 0.4) is 0 Å². The summed E-state index contributed by atoms with van der Waals surface area (Å²) in [6.07, 6.45) is -7.57. The first-order valence-electron chi connectivity index (χ1n) is 17.3. The van der Waals surface area contributed by atoms with Gasteiger partial charge in [-0.2, -0.15) is 0 Å². The van der Waals surface area contributed by atoms with E-state index in [-0.39, 0.29) is 18.3 Å². The van der Waals surface area contributed by atoms with Gasteiger partial charge in [0, 0.05) is 21.3 Å². The van der Waals surface area contributed by atoms with Crippen LogP contribution >= 0.6 is 0 Å². The lowest BCUT2D eigenvalue weighted by Gasteiger charge is -2.47. The van der Waals surface area contributed by atoms with E-state index in [0.717, 1.165) is 44.9 Å². The first-order valence-corrected chi connectivity index (χ1v) is 17.3. The molecule has 0 amide bonds. The maximum atomic E-state index is 11.1. The Morgan fingerprint density at radius 3 is 1.55 bits per heavy atom. The Morgan fingerprint density at radius 1 is 0.553 bits per heavy atom. The summed E-state index contributed by atoms with van der Waals surface area (Å²) in [6.45, 7) is 3.35. The summed E-state index contributed by atoms with van der Waals surface area (Å²) in [5.74, 6) is 1.98. The van der Waals surface area contributed by atoms with Gasteiger partial charge in [0.15, 0.2) is 12.6 Å². The second kappa shape index (κ2) is 18.1. The van der Waals surface area contributed by atoms with Gasteiger partial charge in [-0.1, -0.05) is 13.8 Å². The molecule has 47 heavy (non-hydrogen) atoms. The van der Waals surface area contributed by atoms with Gasteiger partial charge in [-0.3, -0.25) is 0 Å². The van der Waals surface area contributed by atoms with Gasteiger partial charge in [0.25, 0.3) is 0 Å². The minimum atomic E-state index is -1.73. The molecular weight excluding hydrogens is 620 g/mol. The lowest BCUT2D eigenvalue weighted by molar-refractivity contribution is -0.365. The van der Waals surface area contributed by atoms with Crippen LogP contribution in [0.2, 0.25) is 0 Å². The Balaban J connectivity index is 1.33. The highest BCUT2D eigenvalue weighted by Crippen LogP contribution is 2.39. The molecule has 0 bridgehead atoms. The van der Waals surface area contributed by atoms with Gasteiger partial charge in [-0.25, -0.2) is 0 Å². The standard InChI is InChI=1S/C33H60O14/c1-16(10-18-6-8-20(41-3)22(12-18)43-5)17(2)11-19-7-9-21(42-4)23(13-19)44-32-30(40)28(38)31(25(15-35)46-32)47-33-29(39)27(37)26(36)24(14-34)45-33/h16-40H,6-15H2,1-5H3/t16-,17+,18?,19?,20?,21?,22?,23?,24?,25?,26?,27?,28?,29?,30?,31?,32?,33?/m0/s1. The van der Waals surface area contributed by atoms with Crippen molar-refractivity contribution in [3.63, 3.8) is 0 Å². The zero-order chi connectivity index (χ0) is 34.4. The van der Waals surface area contributed by atoms with E-state index in [4.69, 9.17) is 33.2 Å². The lowest BCUT2D eigenvalue weighted by atomic mass is 9.73. The van der Waals surface area contributed by atoms with Crippen LogP contribution in [0.4, 0.5) is 0 Å². The molecule has 14 nitrogen and oxygen atoms in total. The quantitative estimate of drug-likeness (QED) is 0.126. The Labute approximate surface area is 278 Å². The normalized spacial score (nSPS) is 46.2. The summed E-state index contributed by atoms with van der Waals surface area (Å²) in [6, 6.07) is 0. The van der Waals surface area contributed by atoms with Crippen LogP contribution in [0.25, 0.3) is 0 Å². The van der Waals surface area contributed by atoms with Gasteiger partial charge in [0.2, 0.25) is 0 Å². The molecule has 0 radical (unpaired) electrons. The zero-order valence-corrected chi connectivity index (χ0v) is 28.5. The Kier molecular flexibility index (Phi) is 15.1. The lowest BCUT2D eigenvalue weighted by Crippen LogP contribution is -2.65. The number of aliphatic hydroxyl groups is 7. The van der Waals surface area contributed by atoms with Gasteiger partial charge < -0.3 is 68.9 Å². The van der Waals surface area contributed by atoms with Crippen LogP contribution in [-0.4, -0.2) is 156 Å². The van der Waals surface area contributed by atoms with E-state index < -0.39 is 80.7 Å². The van der Waals surface area contributed by atoms with Crippen LogP contribution in [0.5, 0.6) is 0 Å². The first kappa shape index (κ1) is 39.2. The highest BCUT2D eigenvalue weighted by Gasteiger charge is 2.51. The monoisotopic (exact) mass is 680 g/mol. The number of hydrogen-bond acceptors (Lipinski definition) is 14. The number of hydrogen-bond donors (Lipinski definition) is 7. The highest BCUT2D eigenvalue weighted by atomic mass is 16.7. The van der Waals surface area contributed by atoms with Gasteiger partial charge in [-0.05, 0) is 75.0 Å². The molecule has 2 saturated heterocycles. The fourth-order valence-electron chi connectivity index (χ4n) is 8.08. The highest BCUT2D eigenvalue weighted by molar-refractivity contribution is 4.95. The summed E-state index contributed by atoms with van der Waals surface area (Å²) in [5.41, 5.74) is 0. The first-order chi connectivity index (χ1) is 22.4. The molecule has 0 aromatic carbocycles. The van der Waals surface area contributed by atoms with Gasteiger partial charge in [-0.15, -0.1) is 0 Å². The van der Waals surface area contributed by atoms with Crippen molar-refractivity contribution in [2.75, 3.05) is 34.5 Å². The maximum absolute atomic E-state index is 11.1. The van der Waals surface area contributed by atoms with Crippen molar-refractivity contribution >= 4 is 0 Å². The SMILES string of the molecule is COC1CCC(C[C@H](C)[C@H](C)CC2CCC(OC)C(OC3OC(CO)C(OC4OC(CO)C(O)C(O)C4O)C(O)C3O)C2)CC1OC. The molecular formula is C33H60O14. The molecule has 4 aliphatic rings. The average molecular weight is 681 g/mol. The molecule has 2 aliphatic carbocycles. The van der Waals surface area contributed by atoms with Crippen molar-refractivity contribution in [2.45, 2.75) is 151 Å². The van der Waals surface area contributed by atoms with E-state index in [1.807, 2.05) is 0 Å². The summed E-state index contributed by atoms with van der Waals surface area (Å²) >= 11 is 0. The molecule has 2 aliphatic heterocycles. The number of ether oxygens (including phenoxy) is 7. The van der Waals surface area contributed by atoms with E-state index in [0.29, 0.717) is 30.1 Å². The number of aliphatic hydroxyl groups excluding tert-OH is 7. The number of rotatable bonds is 14. The molecule has 4 rings (SSSR count). The fourth-order valence-corrected chi connectivity index (χ4v) is 8.08. The predicted octanol–water partition coefficient (Wildman–Crippen LogP) is -0.307. The topological polar surface area (TPSA) is 206 Å². The van der Waals surface area contributed by atoms with Gasteiger partial charge in [0.05, 0.1) is 37.6 Å². The fraction of sp³-hybridized carbons (Fsp3) is 1.00. The van der Waals surface area contributed by atoms with Crippen molar-refractivity contribution in [2.24, 2.45) is 23.7 Å². The van der Waals surface area contributed by atoms with Crippen LogP contribution in [0, 0.1) is 23.7 Å². The van der Waals surface area contributed by atoms with E-state index >= 15 is 0 Å². The molecule has 0 aromatic rings. The second-order valence-electron chi connectivity index (χ2n) is 14.3. The third-order valence-corrected chi connectivity index (χ3v) is 11.2. The molecule has 276 valence electrons. The smallest absolute Gasteiger partial charge is 0.187 e. The summed E-state index contributed by atoms with van der Waals surface area (Å²) < 4.78 is 40.3. The third kappa shape index (κ3) is 9.41. The van der Waals surface area contributed by atoms with Crippen molar-refractivity contribution in [1.29, 1.82) is 0 Å². The van der Waals surface area contributed by atoms with Crippen molar-refractivity contribution in [3.8, 4) is 0 Å². The molecule has 2 heterocycles. The van der Waals surface area contributed by atoms with Crippen LogP contribution < -0.4 is 0 Å². The van der Waals surface area contributed by atoms with Crippen LogP contribution in [-0.2, 0) is 33.2 Å². The maximum Gasteiger partial charge on any atom is 0.187 e. The molecule has 0 spiro atoms. The largest absolute Gasteiger partial charge is 0.394 e. The average Bonchev–Trinajstić information content (AvgIpc) is 3.07. The second-order valence-corrected chi connectivity index (χ2v) is 14.3. The molecule has 7 N–H and O–H groups in total.